The fraction of sp³-hybridized carbons (Fsp3) is 0.0588. The van der Waals surface area contributed by atoms with Crippen LogP contribution in [0, 0.1) is 0 Å². The third kappa shape index (κ3) is 4.86. The van der Waals surface area contributed by atoms with Crippen LogP contribution >= 0.6 is 11.6 Å². The lowest BCUT2D eigenvalue weighted by molar-refractivity contribution is 0.0955. The summed E-state index contributed by atoms with van der Waals surface area (Å²) in [5.41, 5.74) is 3.22. The van der Waals surface area contributed by atoms with Gasteiger partial charge in [-0.25, -0.2) is 5.43 Å². The highest BCUT2D eigenvalue weighted by atomic mass is 35.5. The van der Waals surface area contributed by atoms with Gasteiger partial charge >= 0.3 is 0 Å². The van der Waals surface area contributed by atoms with Crippen LogP contribution in [0.3, 0.4) is 0 Å². The van der Waals surface area contributed by atoms with Crippen LogP contribution in [0.5, 0.6) is 11.5 Å². The first-order valence-electron chi connectivity index (χ1n) is 6.76. The largest absolute Gasteiger partial charge is 0.507 e. The van der Waals surface area contributed by atoms with E-state index in [1.165, 1.54) is 18.3 Å². The molecule has 1 amide bonds. The van der Waals surface area contributed by atoms with Gasteiger partial charge in [-0.05, 0) is 42.5 Å². The second kappa shape index (κ2) is 8.00. The van der Waals surface area contributed by atoms with Crippen molar-refractivity contribution in [1.29, 1.82) is 0 Å². The first kappa shape index (κ1) is 16.6. The van der Waals surface area contributed by atoms with Gasteiger partial charge in [0.1, 0.15) is 18.1 Å². The van der Waals surface area contributed by atoms with Crippen molar-refractivity contribution in [3.63, 3.8) is 0 Å². The maximum Gasteiger partial charge on any atom is 0.271 e. The maximum atomic E-state index is 11.9. The molecule has 2 aromatic carbocycles. The summed E-state index contributed by atoms with van der Waals surface area (Å²) in [6, 6.07) is 11.2. The number of phenols is 1. The van der Waals surface area contributed by atoms with Crippen molar-refractivity contribution in [2.45, 2.75) is 0 Å². The molecule has 0 saturated heterocycles. The Bertz CT molecular complexity index is 727. The highest BCUT2D eigenvalue weighted by Gasteiger charge is 2.04. The van der Waals surface area contributed by atoms with Gasteiger partial charge in [-0.2, -0.15) is 5.10 Å². The highest BCUT2D eigenvalue weighted by molar-refractivity contribution is 6.30. The topological polar surface area (TPSA) is 70.9 Å². The molecular formula is C17H15ClN2O3. The van der Waals surface area contributed by atoms with Crippen LogP contribution in [-0.4, -0.2) is 23.8 Å². The van der Waals surface area contributed by atoms with Gasteiger partial charge in [0.05, 0.1) is 6.21 Å². The molecule has 118 valence electrons. The Morgan fingerprint density at radius 3 is 2.74 bits per heavy atom. The van der Waals surface area contributed by atoms with E-state index in [0.29, 0.717) is 28.5 Å². The molecule has 0 radical (unpaired) electrons. The molecule has 2 rings (SSSR count). The van der Waals surface area contributed by atoms with E-state index in [1.807, 2.05) is 0 Å². The zero-order chi connectivity index (χ0) is 16.7. The highest BCUT2D eigenvalue weighted by Crippen LogP contribution is 2.19. The van der Waals surface area contributed by atoms with Crippen molar-refractivity contribution < 1.29 is 14.6 Å². The number of ether oxygens (including phenoxy) is 1. The summed E-state index contributed by atoms with van der Waals surface area (Å²) in [5, 5.41) is 13.9. The molecule has 0 unspecified atom stereocenters. The van der Waals surface area contributed by atoms with Gasteiger partial charge in [-0.3, -0.25) is 4.79 Å². The minimum Gasteiger partial charge on any atom is -0.507 e. The van der Waals surface area contributed by atoms with E-state index in [-0.39, 0.29) is 11.7 Å². The first-order chi connectivity index (χ1) is 11.1. The smallest absolute Gasteiger partial charge is 0.271 e. The molecular weight excluding hydrogens is 316 g/mol. The Balaban J connectivity index is 1.97. The number of aromatic hydroxyl groups is 1. The van der Waals surface area contributed by atoms with Crippen LogP contribution in [0.25, 0.3) is 0 Å². The van der Waals surface area contributed by atoms with Crippen LogP contribution in [0.1, 0.15) is 15.9 Å². The Morgan fingerprint density at radius 2 is 2.04 bits per heavy atom. The zero-order valence-corrected chi connectivity index (χ0v) is 13.0. The number of benzene rings is 2. The van der Waals surface area contributed by atoms with Crippen LogP contribution in [-0.2, 0) is 0 Å². The summed E-state index contributed by atoms with van der Waals surface area (Å²) in [6.07, 6.45) is 2.96. The third-order valence-corrected chi connectivity index (χ3v) is 3.08. The van der Waals surface area contributed by atoms with Crippen molar-refractivity contribution >= 4 is 23.7 Å². The molecule has 0 aliphatic heterocycles. The number of phenolic OH excluding ortho intramolecular Hbond substituents is 1. The normalized spacial score (nSPS) is 10.5. The molecule has 6 heteroatoms. The fourth-order valence-corrected chi connectivity index (χ4v) is 1.89. The van der Waals surface area contributed by atoms with Crippen molar-refractivity contribution in [3.8, 4) is 11.5 Å². The van der Waals surface area contributed by atoms with E-state index in [2.05, 4.69) is 17.1 Å². The van der Waals surface area contributed by atoms with E-state index in [9.17, 15) is 9.90 Å². The maximum absolute atomic E-state index is 11.9. The number of hydrogen-bond acceptors (Lipinski definition) is 4. The molecule has 0 heterocycles. The summed E-state index contributed by atoms with van der Waals surface area (Å²) in [7, 11) is 0. The van der Waals surface area contributed by atoms with Crippen molar-refractivity contribution in [3.05, 3.63) is 71.3 Å². The van der Waals surface area contributed by atoms with Gasteiger partial charge in [-0.1, -0.05) is 24.3 Å². The third-order valence-electron chi connectivity index (χ3n) is 2.84. The van der Waals surface area contributed by atoms with E-state index >= 15 is 0 Å². The molecule has 0 aliphatic carbocycles. The average molecular weight is 331 g/mol. The molecule has 5 nitrogen and oxygen atoms in total. The minimum atomic E-state index is -0.377. The van der Waals surface area contributed by atoms with Crippen molar-refractivity contribution in [1.82, 2.24) is 5.43 Å². The average Bonchev–Trinajstić information content (AvgIpc) is 2.56. The predicted octanol–water partition coefficient (Wildman–Crippen LogP) is 3.37. The summed E-state index contributed by atoms with van der Waals surface area (Å²) in [4.78, 5) is 11.9. The Hall–Kier alpha value is -2.79. The molecule has 0 fully saturated rings. The van der Waals surface area contributed by atoms with Gasteiger partial charge in [0.15, 0.2) is 0 Å². The summed E-state index contributed by atoms with van der Waals surface area (Å²) < 4.78 is 5.33. The number of hydrogen-bond donors (Lipinski definition) is 2. The second-order valence-electron chi connectivity index (χ2n) is 4.53. The van der Waals surface area contributed by atoms with Gasteiger partial charge < -0.3 is 9.84 Å². The van der Waals surface area contributed by atoms with Gasteiger partial charge in [0.2, 0.25) is 0 Å². The van der Waals surface area contributed by atoms with Crippen LogP contribution in [0.15, 0.2) is 60.2 Å². The molecule has 2 aromatic rings. The fourth-order valence-electron chi connectivity index (χ4n) is 1.71. The predicted molar refractivity (Wildman–Crippen MR) is 90.3 cm³/mol. The number of rotatable bonds is 6. The molecule has 0 aliphatic rings. The van der Waals surface area contributed by atoms with Crippen LogP contribution < -0.4 is 10.2 Å². The summed E-state index contributed by atoms with van der Waals surface area (Å²) in [5.74, 6) is 0.294. The zero-order valence-electron chi connectivity index (χ0n) is 12.2. The summed E-state index contributed by atoms with van der Waals surface area (Å²) in [6.45, 7) is 3.96. The van der Waals surface area contributed by atoms with Crippen LogP contribution in [0.2, 0.25) is 5.02 Å². The lowest BCUT2D eigenvalue weighted by atomic mass is 10.2. The second-order valence-corrected chi connectivity index (χ2v) is 4.96. The quantitative estimate of drug-likeness (QED) is 0.484. The lowest BCUT2D eigenvalue weighted by Crippen LogP contribution is -2.17. The number of amides is 1. The number of nitrogens with one attached hydrogen (secondary N) is 1. The minimum absolute atomic E-state index is 0.0242. The number of carbonyl (C=O) groups is 1. The van der Waals surface area contributed by atoms with E-state index in [4.69, 9.17) is 16.3 Å². The van der Waals surface area contributed by atoms with E-state index in [0.717, 1.165) is 0 Å². The molecule has 0 saturated carbocycles. The lowest BCUT2D eigenvalue weighted by Gasteiger charge is -2.04. The number of carbonyl (C=O) groups excluding carboxylic acids is 1. The van der Waals surface area contributed by atoms with Gasteiger partial charge in [0, 0.05) is 16.1 Å². The number of nitrogens with zero attached hydrogens (tertiary/aromatic N) is 1. The van der Waals surface area contributed by atoms with Crippen molar-refractivity contribution in [2.24, 2.45) is 5.10 Å². The van der Waals surface area contributed by atoms with Gasteiger partial charge in [-0.15, -0.1) is 0 Å². The standard InChI is InChI=1S/C17H15ClN2O3/c1-2-9-23-15-6-3-12(4-7-15)17(22)20-19-11-13-10-14(18)5-8-16(13)21/h2-8,10-11,21H,1,9H2,(H,20,22)/b19-11+. The molecule has 23 heavy (non-hydrogen) atoms. The first-order valence-corrected chi connectivity index (χ1v) is 7.13. The molecule has 0 spiro atoms. The Kier molecular flexibility index (Phi) is 5.77. The molecule has 2 N–H and O–H groups in total. The Morgan fingerprint density at radius 1 is 1.30 bits per heavy atom. The van der Waals surface area contributed by atoms with Gasteiger partial charge in [0.25, 0.3) is 5.91 Å². The van der Waals surface area contributed by atoms with Crippen molar-refractivity contribution in [2.75, 3.05) is 6.61 Å². The molecule has 0 bridgehead atoms. The Labute approximate surface area is 138 Å². The number of hydrazone groups is 1. The SMILES string of the molecule is C=CCOc1ccc(C(=O)N/N=C/c2cc(Cl)ccc2O)cc1. The number of halogens is 1. The molecule has 0 aromatic heterocycles. The monoisotopic (exact) mass is 330 g/mol. The van der Waals surface area contributed by atoms with E-state index in [1.54, 1.807) is 36.4 Å². The summed E-state index contributed by atoms with van der Waals surface area (Å²) >= 11 is 5.83. The molecule has 0 atom stereocenters. The van der Waals surface area contributed by atoms with Crippen LogP contribution in [0.4, 0.5) is 0 Å². The van der Waals surface area contributed by atoms with E-state index < -0.39 is 0 Å².